The van der Waals surface area contributed by atoms with Gasteiger partial charge in [-0.1, -0.05) is 26.0 Å². The Morgan fingerprint density at radius 1 is 1.34 bits per heavy atom. The fraction of sp³-hybridized carbons (Fsp3) is 0.348. The van der Waals surface area contributed by atoms with Crippen molar-refractivity contribution in [1.29, 1.82) is 5.26 Å². The highest BCUT2D eigenvalue weighted by molar-refractivity contribution is 7.18. The molecular weight excluding hydrogens is 382 g/mol. The van der Waals surface area contributed by atoms with Gasteiger partial charge in [0.2, 0.25) is 0 Å². The number of aromatic nitrogens is 2. The van der Waals surface area contributed by atoms with E-state index in [9.17, 15) is 10.1 Å². The summed E-state index contributed by atoms with van der Waals surface area (Å²) < 4.78 is 8.62. The number of para-hydroxylation sites is 1. The summed E-state index contributed by atoms with van der Waals surface area (Å²) in [6.07, 6.45) is 2.70. The molecular formula is C23H25N3O2S. The summed E-state index contributed by atoms with van der Waals surface area (Å²) in [7, 11) is 0. The maximum absolute atomic E-state index is 12.4. The van der Waals surface area contributed by atoms with E-state index in [1.165, 1.54) is 11.3 Å². The number of rotatable bonds is 7. The topological polar surface area (TPSA) is 67.9 Å². The summed E-state index contributed by atoms with van der Waals surface area (Å²) in [4.78, 5) is 16.9. The van der Waals surface area contributed by atoms with Gasteiger partial charge in [0, 0.05) is 17.9 Å². The number of carbonyl (C=O) groups excluding carboxylic acids is 1. The molecule has 0 fully saturated rings. The maximum atomic E-state index is 12.4. The number of aryl methyl sites for hydroxylation is 1. The van der Waals surface area contributed by atoms with Crippen molar-refractivity contribution in [2.45, 2.75) is 47.3 Å². The molecule has 3 aromatic rings. The normalized spacial score (nSPS) is 11.8. The number of benzene rings is 1. The van der Waals surface area contributed by atoms with E-state index in [1.807, 2.05) is 50.2 Å². The molecule has 5 nitrogen and oxygen atoms in total. The smallest absolute Gasteiger partial charge is 0.349 e. The van der Waals surface area contributed by atoms with Crippen molar-refractivity contribution in [1.82, 2.24) is 9.55 Å². The van der Waals surface area contributed by atoms with Crippen LogP contribution in [-0.4, -0.2) is 15.5 Å². The fourth-order valence-electron chi connectivity index (χ4n) is 3.18. The second-order valence-corrected chi connectivity index (χ2v) is 8.60. The van der Waals surface area contributed by atoms with Crippen LogP contribution in [0.3, 0.4) is 0 Å². The summed E-state index contributed by atoms with van der Waals surface area (Å²) >= 11 is 1.48. The molecule has 0 aliphatic rings. The largest absolute Gasteiger partial charge is 0.454 e. The lowest BCUT2D eigenvalue weighted by Gasteiger charge is -2.11. The molecule has 2 aromatic heterocycles. The minimum absolute atomic E-state index is 0.00443. The number of fused-ring (bicyclic) bond motifs is 1. The maximum Gasteiger partial charge on any atom is 0.349 e. The van der Waals surface area contributed by atoms with E-state index in [4.69, 9.17) is 4.74 Å². The van der Waals surface area contributed by atoms with Gasteiger partial charge in [0.15, 0.2) is 0 Å². The number of esters is 1. The number of nitrogens with zero attached hydrogens (tertiary/aromatic N) is 3. The van der Waals surface area contributed by atoms with Gasteiger partial charge >= 0.3 is 5.97 Å². The van der Waals surface area contributed by atoms with E-state index in [0.29, 0.717) is 10.9 Å². The SMILES string of the molecule is Cc1cc(C=C(C#N)C(=O)OCc2nc3ccccc3s2)c(C)n1CCC(C)C. The molecule has 150 valence electrons. The van der Waals surface area contributed by atoms with Crippen molar-refractivity contribution < 1.29 is 9.53 Å². The predicted octanol–water partition coefficient (Wildman–Crippen LogP) is 5.41. The summed E-state index contributed by atoms with van der Waals surface area (Å²) in [5.41, 5.74) is 3.92. The van der Waals surface area contributed by atoms with Gasteiger partial charge in [0.25, 0.3) is 0 Å². The lowest BCUT2D eigenvalue weighted by Crippen LogP contribution is -2.07. The van der Waals surface area contributed by atoms with Gasteiger partial charge in [-0.15, -0.1) is 11.3 Å². The third-order valence-electron chi connectivity index (χ3n) is 4.85. The van der Waals surface area contributed by atoms with Gasteiger partial charge in [0.1, 0.15) is 23.3 Å². The van der Waals surface area contributed by atoms with Crippen molar-refractivity contribution in [2.24, 2.45) is 5.92 Å². The number of hydrogen-bond donors (Lipinski definition) is 0. The van der Waals surface area contributed by atoms with Gasteiger partial charge < -0.3 is 9.30 Å². The van der Waals surface area contributed by atoms with Crippen LogP contribution in [0, 0.1) is 31.1 Å². The third kappa shape index (κ3) is 4.93. The Morgan fingerprint density at radius 3 is 2.79 bits per heavy atom. The Labute approximate surface area is 175 Å². The minimum atomic E-state index is -0.626. The molecule has 0 radical (unpaired) electrons. The van der Waals surface area contributed by atoms with Gasteiger partial charge in [-0.3, -0.25) is 0 Å². The van der Waals surface area contributed by atoms with Gasteiger partial charge in [0.05, 0.1) is 10.2 Å². The Kier molecular flexibility index (Phi) is 6.50. The van der Waals surface area contributed by atoms with Crippen LogP contribution in [0.4, 0.5) is 0 Å². The molecule has 3 rings (SSSR count). The average molecular weight is 408 g/mol. The van der Waals surface area contributed by atoms with Crippen molar-refractivity contribution in [3.63, 3.8) is 0 Å². The second kappa shape index (κ2) is 9.06. The number of carbonyl (C=O) groups is 1. The molecule has 1 aromatic carbocycles. The Morgan fingerprint density at radius 2 is 2.10 bits per heavy atom. The van der Waals surface area contributed by atoms with E-state index < -0.39 is 5.97 Å². The number of nitriles is 1. The van der Waals surface area contributed by atoms with Crippen molar-refractivity contribution in [2.75, 3.05) is 0 Å². The van der Waals surface area contributed by atoms with Crippen LogP contribution in [0.5, 0.6) is 0 Å². The number of hydrogen-bond acceptors (Lipinski definition) is 5. The molecule has 0 aliphatic heterocycles. The molecule has 0 amide bonds. The van der Waals surface area contributed by atoms with Gasteiger partial charge in [-0.25, -0.2) is 9.78 Å². The lowest BCUT2D eigenvalue weighted by molar-refractivity contribution is -0.139. The second-order valence-electron chi connectivity index (χ2n) is 7.48. The van der Waals surface area contributed by atoms with E-state index in [1.54, 1.807) is 6.08 Å². The first-order valence-electron chi connectivity index (χ1n) is 9.69. The Balaban J connectivity index is 1.73. The number of ether oxygens (including phenoxy) is 1. The van der Waals surface area contributed by atoms with Crippen LogP contribution < -0.4 is 0 Å². The van der Waals surface area contributed by atoms with Crippen LogP contribution >= 0.6 is 11.3 Å². The highest BCUT2D eigenvalue weighted by atomic mass is 32.1. The first-order chi connectivity index (χ1) is 13.9. The first kappa shape index (κ1) is 20.8. The lowest BCUT2D eigenvalue weighted by atomic mass is 10.1. The van der Waals surface area contributed by atoms with Crippen molar-refractivity contribution in [3.05, 3.63) is 57.9 Å². The molecule has 0 aliphatic carbocycles. The zero-order valence-corrected chi connectivity index (χ0v) is 18.0. The monoisotopic (exact) mass is 407 g/mol. The summed E-state index contributed by atoms with van der Waals surface area (Å²) in [6, 6.07) is 11.8. The van der Waals surface area contributed by atoms with Crippen LogP contribution in [0.25, 0.3) is 16.3 Å². The average Bonchev–Trinajstić information content (AvgIpc) is 3.22. The van der Waals surface area contributed by atoms with Crippen LogP contribution in [0.2, 0.25) is 0 Å². The zero-order chi connectivity index (χ0) is 21.0. The summed E-state index contributed by atoms with van der Waals surface area (Å²) in [5, 5.41) is 10.2. The molecule has 29 heavy (non-hydrogen) atoms. The van der Waals surface area contributed by atoms with Gasteiger partial charge in [-0.05, 0) is 56.0 Å². The first-order valence-corrected chi connectivity index (χ1v) is 10.5. The van der Waals surface area contributed by atoms with Crippen molar-refractivity contribution in [3.8, 4) is 6.07 Å². The standard InChI is InChI=1S/C23H25N3O2S/c1-15(2)9-10-26-16(3)11-18(17(26)4)12-19(13-24)23(27)28-14-22-25-20-7-5-6-8-21(20)29-22/h5-8,11-12,15H,9-10,14H2,1-4H3. The van der Waals surface area contributed by atoms with Crippen LogP contribution in [0.15, 0.2) is 35.9 Å². The van der Waals surface area contributed by atoms with E-state index >= 15 is 0 Å². The van der Waals surface area contributed by atoms with Gasteiger partial charge in [-0.2, -0.15) is 5.26 Å². The molecule has 0 saturated heterocycles. The molecule has 0 bridgehead atoms. The highest BCUT2D eigenvalue weighted by Gasteiger charge is 2.15. The third-order valence-corrected chi connectivity index (χ3v) is 5.86. The highest BCUT2D eigenvalue weighted by Crippen LogP contribution is 2.23. The Hall–Kier alpha value is -2.91. The quantitative estimate of drug-likeness (QED) is 0.298. The number of thiazole rings is 1. The van der Waals surface area contributed by atoms with Crippen LogP contribution in [-0.2, 0) is 22.7 Å². The van der Waals surface area contributed by atoms with Crippen LogP contribution in [0.1, 0.15) is 42.2 Å². The fourth-order valence-corrected chi connectivity index (χ4v) is 4.06. The van der Waals surface area contributed by atoms with Crippen molar-refractivity contribution >= 4 is 33.6 Å². The molecule has 2 heterocycles. The van der Waals surface area contributed by atoms with E-state index in [-0.39, 0.29) is 12.2 Å². The molecule has 0 spiro atoms. The van der Waals surface area contributed by atoms with E-state index in [2.05, 4.69) is 23.4 Å². The molecule has 0 saturated carbocycles. The summed E-state index contributed by atoms with van der Waals surface area (Å²) in [6.45, 7) is 9.44. The molecule has 0 unspecified atom stereocenters. The summed E-state index contributed by atoms with van der Waals surface area (Å²) in [5.74, 6) is -0.0129. The minimum Gasteiger partial charge on any atom is -0.454 e. The molecule has 6 heteroatoms. The van der Waals surface area contributed by atoms with E-state index in [0.717, 1.165) is 40.1 Å². The molecule has 0 atom stereocenters. The zero-order valence-electron chi connectivity index (χ0n) is 17.2. The molecule has 0 N–H and O–H groups in total. The predicted molar refractivity (Wildman–Crippen MR) is 116 cm³/mol. The Bertz CT molecular complexity index is 1070.